The van der Waals surface area contributed by atoms with E-state index in [4.69, 9.17) is 14.5 Å². The zero-order valence-electron chi connectivity index (χ0n) is 14.7. The van der Waals surface area contributed by atoms with Crippen LogP contribution < -0.4 is 9.62 Å². The quantitative estimate of drug-likeness (QED) is 0.234. The van der Waals surface area contributed by atoms with E-state index in [2.05, 4.69) is 0 Å². The molecule has 0 saturated heterocycles. The van der Waals surface area contributed by atoms with Crippen LogP contribution in [0.25, 0.3) is 12.2 Å². The van der Waals surface area contributed by atoms with Gasteiger partial charge in [-0.3, -0.25) is 9.59 Å². The monoisotopic (exact) mass is 352 g/mol. The largest absolute Gasteiger partial charge is 0.427 e. The first-order valence-corrected chi connectivity index (χ1v) is 8.15. The summed E-state index contributed by atoms with van der Waals surface area (Å²) in [6, 6.07) is 14.1. The molecule has 0 saturated carbocycles. The van der Waals surface area contributed by atoms with Crippen molar-refractivity contribution in [2.24, 2.45) is 0 Å². The Bertz CT molecular complexity index is 786. The van der Waals surface area contributed by atoms with Crippen molar-refractivity contribution in [2.45, 2.75) is 13.8 Å². The van der Waals surface area contributed by atoms with Crippen LogP contribution in [0.4, 0.5) is 0 Å². The molecule has 0 aromatic heterocycles. The summed E-state index contributed by atoms with van der Waals surface area (Å²) in [7, 11) is 0. The summed E-state index contributed by atoms with van der Waals surface area (Å²) in [5.74, 6) is 0.569. The average Bonchev–Trinajstić information content (AvgIpc) is 2.64. The first-order chi connectivity index (χ1) is 12.6. The molecule has 2 rings (SSSR count). The lowest BCUT2D eigenvalue weighted by atomic mass is 10.1. The zero-order chi connectivity index (χ0) is 18.8. The van der Waals surface area contributed by atoms with Gasteiger partial charge in [0, 0.05) is 6.92 Å². The predicted molar refractivity (Wildman–Crippen MR) is 99.5 cm³/mol. The summed E-state index contributed by atoms with van der Waals surface area (Å²) >= 11 is 0. The van der Waals surface area contributed by atoms with Gasteiger partial charge in [-0.15, -0.1) is 0 Å². The normalized spacial score (nSPS) is 11.0. The molecule has 2 aromatic rings. The van der Waals surface area contributed by atoms with Gasteiger partial charge in [-0.25, -0.2) is 0 Å². The SMILES string of the molecule is CCOOc1ccc(/C=C/C(=O)/C=C/c2ccc(OC(C)=O)cc2)cc1. The van der Waals surface area contributed by atoms with Crippen LogP contribution in [0.15, 0.2) is 60.7 Å². The van der Waals surface area contributed by atoms with E-state index in [9.17, 15) is 9.59 Å². The summed E-state index contributed by atoms with van der Waals surface area (Å²) < 4.78 is 4.95. The third-order valence-corrected chi connectivity index (χ3v) is 3.17. The Hall–Kier alpha value is -3.18. The summed E-state index contributed by atoms with van der Waals surface area (Å²) in [5.41, 5.74) is 1.71. The molecule has 0 atom stereocenters. The highest BCUT2D eigenvalue weighted by Crippen LogP contribution is 2.15. The zero-order valence-corrected chi connectivity index (χ0v) is 14.7. The summed E-state index contributed by atoms with van der Waals surface area (Å²) in [5, 5.41) is 0. The molecule has 2 aromatic carbocycles. The Labute approximate surface area is 152 Å². The van der Waals surface area contributed by atoms with Gasteiger partial charge in [0.15, 0.2) is 11.5 Å². The molecule has 0 aliphatic rings. The molecule has 0 heterocycles. The number of hydrogen-bond acceptors (Lipinski definition) is 5. The highest BCUT2D eigenvalue weighted by atomic mass is 17.2. The van der Waals surface area contributed by atoms with E-state index < -0.39 is 0 Å². The second kappa shape index (κ2) is 9.96. The van der Waals surface area contributed by atoms with Crippen LogP contribution in [0.2, 0.25) is 0 Å². The highest BCUT2D eigenvalue weighted by Gasteiger charge is 1.98. The molecule has 0 amide bonds. The van der Waals surface area contributed by atoms with Crippen molar-refractivity contribution >= 4 is 23.9 Å². The van der Waals surface area contributed by atoms with Gasteiger partial charge < -0.3 is 9.62 Å². The van der Waals surface area contributed by atoms with Crippen LogP contribution in [0.3, 0.4) is 0 Å². The van der Waals surface area contributed by atoms with E-state index in [1.165, 1.54) is 19.1 Å². The van der Waals surface area contributed by atoms with Crippen molar-refractivity contribution in [3.8, 4) is 11.5 Å². The van der Waals surface area contributed by atoms with E-state index in [0.29, 0.717) is 18.1 Å². The molecule has 0 fully saturated rings. The van der Waals surface area contributed by atoms with E-state index in [-0.39, 0.29) is 11.8 Å². The minimum atomic E-state index is -0.369. The Morgan fingerprint density at radius 3 is 1.81 bits per heavy atom. The van der Waals surface area contributed by atoms with Crippen molar-refractivity contribution in [3.05, 3.63) is 71.8 Å². The maximum Gasteiger partial charge on any atom is 0.308 e. The summed E-state index contributed by atoms with van der Waals surface area (Å²) in [6.07, 6.45) is 6.39. The lowest BCUT2D eigenvalue weighted by Gasteiger charge is -2.02. The maximum atomic E-state index is 11.9. The average molecular weight is 352 g/mol. The van der Waals surface area contributed by atoms with E-state index in [1.54, 1.807) is 48.6 Å². The van der Waals surface area contributed by atoms with Gasteiger partial charge in [0.25, 0.3) is 0 Å². The van der Waals surface area contributed by atoms with Gasteiger partial charge in [0.05, 0.1) is 6.61 Å². The number of carbonyl (C=O) groups excluding carboxylic acids is 2. The Morgan fingerprint density at radius 2 is 1.35 bits per heavy atom. The Morgan fingerprint density at radius 1 is 0.846 bits per heavy atom. The third-order valence-electron chi connectivity index (χ3n) is 3.17. The fourth-order valence-corrected chi connectivity index (χ4v) is 1.99. The van der Waals surface area contributed by atoms with Crippen LogP contribution in [0.5, 0.6) is 11.5 Å². The minimum Gasteiger partial charge on any atom is -0.427 e. The molecule has 0 N–H and O–H groups in total. The van der Waals surface area contributed by atoms with Crippen LogP contribution in [0.1, 0.15) is 25.0 Å². The molecule has 0 aliphatic heterocycles. The molecule has 0 spiro atoms. The number of benzene rings is 2. The molecule has 0 unspecified atom stereocenters. The number of rotatable bonds is 8. The lowest BCUT2D eigenvalue weighted by molar-refractivity contribution is -0.202. The fourth-order valence-electron chi connectivity index (χ4n) is 1.99. The molecule has 134 valence electrons. The van der Waals surface area contributed by atoms with Crippen molar-refractivity contribution in [1.82, 2.24) is 0 Å². The van der Waals surface area contributed by atoms with Crippen molar-refractivity contribution in [3.63, 3.8) is 0 Å². The first-order valence-electron chi connectivity index (χ1n) is 8.15. The topological polar surface area (TPSA) is 61.8 Å². The molecule has 0 radical (unpaired) electrons. The van der Waals surface area contributed by atoms with Gasteiger partial charge >= 0.3 is 5.97 Å². The number of esters is 1. The van der Waals surface area contributed by atoms with Gasteiger partial charge in [0.2, 0.25) is 0 Å². The highest BCUT2D eigenvalue weighted by molar-refractivity contribution is 6.04. The molecule has 0 bridgehead atoms. The third kappa shape index (κ3) is 6.75. The molecule has 0 aliphatic carbocycles. The number of ketones is 1. The minimum absolute atomic E-state index is 0.135. The van der Waals surface area contributed by atoms with E-state index in [0.717, 1.165) is 11.1 Å². The standard InChI is InChI=1S/C21H20O5/c1-3-24-26-21-14-8-18(9-15-21)5-11-19(23)10-4-17-6-12-20(13-7-17)25-16(2)22/h4-15H,3H2,1-2H3/b10-4+,11-5+. The second-order valence-corrected chi connectivity index (χ2v) is 5.29. The lowest BCUT2D eigenvalue weighted by Crippen LogP contribution is -2.00. The maximum absolute atomic E-state index is 11.9. The van der Waals surface area contributed by atoms with Crippen LogP contribution in [-0.4, -0.2) is 18.4 Å². The number of allylic oxidation sites excluding steroid dienone is 2. The molecular weight excluding hydrogens is 332 g/mol. The smallest absolute Gasteiger partial charge is 0.308 e. The number of hydrogen-bond donors (Lipinski definition) is 0. The van der Waals surface area contributed by atoms with Crippen molar-refractivity contribution in [2.75, 3.05) is 6.61 Å². The predicted octanol–water partition coefficient (Wildman–Crippen LogP) is 4.24. The first kappa shape index (κ1) is 19.1. The summed E-state index contributed by atoms with van der Waals surface area (Å²) in [6.45, 7) is 3.65. The molecule has 26 heavy (non-hydrogen) atoms. The van der Waals surface area contributed by atoms with Crippen LogP contribution in [0, 0.1) is 0 Å². The van der Waals surface area contributed by atoms with Crippen LogP contribution in [-0.2, 0) is 14.5 Å². The fraction of sp³-hybridized carbons (Fsp3) is 0.143. The summed E-state index contributed by atoms with van der Waals surface area (Å²) in [4.78, 5) is 32.7. The second-order valence-electron chi connectivity index (χ2n) is 5.29. The number of ether oxygens (including phenoxy) is 1. The molecule has 5 nitrogen and oxygen atoms in total. The van der Waals surface area contributed by atoms with E-state index >= 15 is 0 Å². The Kier molecular flexibility index (Phi) is 7.33. The van der Waals surface area contributed by atoms with Gasteiger partial charge in [-0.05, 0) is 54.5 Å². The van der Waals surface area contributed by atoms with Crippen molar-refractivity contribution in [1.29, 1.82) is 0 Å². The molecular formula is C21H20O5. The Balaban J connectivity index is 1.89. The van der Waals surface area contributed by atoms with Gasteiger partial charge in [0.1, 0.15) is 5.75 Å². The number of carbonyl (C=O) groups is 2. The van der Waals surface area contributed by atoms with Gasteiger partial charge in [-0.1, -0.05) is 36.4 Å². The van der Waals surface area contributed by atoms with Crippen LogP contribution >= 0.6 is 0 Å². The molecule has 5 heteroatoms. The van der Waals surface area contributed by atoms with Gasteiger partial charge in [-0.2, -0.15) is 4.89 Å². The van der Waals surface area contributed by atoms with E-state index in [1.807, 2.05) is 19.1 Å². The van der Waals surface area contributed by atoms with Crippen molar-refractivity contribution < 1.29 is 24.1 Å².